The standard InChI is InChI=1S/C57H77N17O8/c1-34(75)68-49(29-38-32-63-33-67-38)56(82)71-45(22-13-25-64-57(61)62)52(78)69-43(20-9-11-23-58)51(77)70-44(21-10-12-24-59)53(79)74-48(28-37-31-66-42-19-8-6-17-40(37)42)55(81)73-47(26-35-14-3-2-4-15-35)54(80)72-46(50(60)76)27-36-30-65-41-18-7-5-16-39(36)41/h2-8,14-19,30-33,43-49,65-66H,9-13,20-29,58-59H2,1H3,(H2,60,76)(H,63,67)(H,68,75)(H,69,78)(H,70,77)(H,71,82)(H,72,80)(H,73,81)(H,74,79)(H4,61,62,64)/t43-,44-,45-,46-,47-,48-,49-/m1/s1. The van der Waals surface area contributed by atoms with Crippen molar-refractivity contribution < 1.29 is 38.4 Å². The number of imidazole rings is 1. The van der Waals surface area contributed by atoms with Gasteiger partial charge in [0.25, 0.3) is 0 Å². The van der Waals surface area contributed by atoms with Crippen LogP contribution in [0.5, 0.6) is 0 Å². The average Bonchev–Trinajstić information content (AvgIpc) is 4.25. The number of carbonyl (C=O) groups is 8. The number of aromatic amines is 3. The topological polar surface area (TPSA) is 423 Å². The third-order valence-electron chi connectivity index (χ3n) is 13.8. The molecule has 438 valence electrons. The minimum absolute atomic E-state index is 0.0109. The second kappa shape index (κ2) is 31.6. The molecule has 20 N–H and O–H groups in total. The van der Waals surface area contributed by atoms with Gasteiger partial charge in [-0.25, -0.2) is 4.98 Å². The van der Waals surface area contributed by atoms with Crippen LogP contribution < -0.4 is 65.9 Å². The molecule has 0 aliphatic carbocycles. The van der Waals surface area contributed by atoms with Crippen LogP contribution in [0.25, 0.3) is 21.8 Å². The predicted octanol–water partition coefficient (Wildman–Crippen LogP) is -0.147. The molecule has 3 aromatic carbocycles. The Hall–Kier alpha value is -9.10. The van der Waals surface area contributed by atoms with Gasteiger partial charge < -0.3 is 80.8 Å². The van der Waals surface area contributed by atoms with Gasteiger partial charge in [-0.05, 0) is 93.3 Å². The van der Waals surface area contributed by atoms with Crippen molar-refractivity contribution in [1.29, 1.82) is 0 Å². The molecule has 3 heterocycles. The number of nitrogens with one attached hydrogen (secondary N) is 10. The fraction of sp³-hybridized carbons (Fsp3) is 0.404. The molecule has 0 fully saturated rings. The Morgan fingerprint density at radius 3 is 1.38 bits per heavy atom. The lowest BCUT2D eigenvalue weighted by molar-refractivity contribution is -0.135. The van der Waals surface area contributed by atoms with Crippen molar-refractivity contribution in [2.75, 3.05) is 19.6 Å². The smallest absolute Gasteiger partial charge is 0.243 e. The summed E-state index contributed by atoms with van der Waals surface area (Å²) in [6.07, 6.45) is 8.43. The summed E-state index contributed by atoms with van der Waals surface area (Å²) in [6, 6.07) is 15.1. The van der Waals surface area contributed by atoms with Crippen molar-refractivity contribution in [3.05, 3.63) is 126 Å². The van der Waals surface area contributed by atoms with Gasteiger partial charge in [0.2, 0.25) is 47.3 Å². The summed E-state index contributed by atoms with van der Waals surface area (Å²) in [5, 5.41) is 21.1. The van der Waals surface area contributed by atoms with Crippen molar-refractivity contribution >= 4 is 75.0 Å². The Labute approximate surface area is 474 Å². The number of benzene rings is 3. The number of fused-ring (bicyclic) bond motifs is 2. The normalized spacial score (nSPS) is 13.7. The number of nitrogens with two attached hydrogens (primary N) is 5. The van der Waals surface area contributed by atoms with Gasteiger partial charge >= 0.3 is 0 Å². The second-order valence-electron chi connectivity index (χ2n) is 20.1. The van der Waals surface area contributed by atoms with Crippen molar-refractivity contribution in [2.45, 2.75) is 126 Å². The van der Waals surface area contributed by atoms with Crippen LogP contribution in [0.3, 0.4) is 0 Å². The zero-order valence-electron chi connectivity index (χ0n) is 46.0. The number of amides is 8. The monoisotopic (exact) mass is 1130 g/mol. The number of carbonyl (C=O) groups excluding carboxylic acids is 8. The van der Waals surface area contributed by atoms with Crippen LogP contribution in [0.1, 0.15) is 80.7 Å². The molecule has 0 aliphatic rings. The number of primary amides is 1. The number of aromatic nitrogens is 4. The van der Waals surface area contributed by atoms with Gasteiger partial charge in [-0.15, -0.1) is 0 Å². The molecule has 0 saturated carbocycles. The highest BCUT2D eigenvalue weighted by molar-refractivity contribution is 5.98. The first-order chi connectivity index (χ1) is 39.5. The second-order valence-corrected chi connectivity index (χ2v) is 20.1. The van der Waals surface area contributed by atoms with E-state index in [-0.39, 0.29) is 77.0 Å². The summed E-state index contributed by atoms with van der Waals surface area (Å²) in [6.45, 7) is 1.91. The molecule has 25 nitrogen and oxygen atoms in total. The predicted molar refractivity (Wildman–Crippen MR) is 311 cm³/mol. The van der Waals surface area contributed by atoms with Crippen LogP contribution in [-0.2, 0) is 64.0 Å². The molecular weight excluding hydrogens is 1050 g/mol. The van der Waals surface area contributed by atoms with Crippen molar-refractivity contribution in [3.8, 4) is 0 Å². The fourth-order valence-corrected chi connectivity index (χ4v) is 9.53. The molecular formula is C57H77N17O8. The van der Waals surface area contributed by atoms with Crippen LogP contribution in [0.15, 0.2) is 109 Å². The van der Waals surface area contributed by atoms with Crippen LogP contribution in [0.4, 0.5) is 0 Å². The number of aliphatic imine (C=N–C) groups is 1. The summed E-state index contributed by atoms with van der Waals surface area (Å²) in [4.78, 5) is 130. The van der Waals surface area contributed by atoms with Crippen molar-refractivity contribution in [3.63, 3.8) is 0 Å². The summed E-state index contributed by atoms with van der Waals surface area (Å²) in [7, 11) is 0. The number of nitrogens with zero attached hydrogens (tertiary/aromatic N) is 2. The lowest BCUT2D eigenvalue weighted by Gasteiger charge is -2.28. The number of rotatable bonds is 34. The number of hydrogen-bond donors (Lipinski definition) is 15. The van der Waals surface area contributed by atoms with Crippen LogP contribution in [0, 0.1) is 0 Å². The molecule has 0 saturated heterocycles. The van der Waals surface area contributed by atoms with Gasteiger partial charge in [0.05, 0.1) is 6.33 Å². The Morgan fingerprint density at radius 2 is 0.915 bits per heavy atom. The van der Waals surface area contributed by atoms with Gasteiger partial charge in [-0.2, -0.15) is 0 Å². The molecule has 0 bridgehead atoms. The van der Waals surface area contributed by atoms with Crippen molar-refractivity contribution in [2.24, 2.45) is 33.7 Å². The van der Waals surface area contributed by atoms with Gasteiger partial charge in [0.15, 0.2) is 5.96 Å². The maximum atomic E-state index is 14.9. The van der Waals surface area contributed by atoms with Crippen LogP contribution >= 0.6 is 0 Å². The van der Waals surface area contributed by atoms with Crippen LogP contribution in [0.2, 0.25) is 0 Å². The SMILES string of the molecule is CC(=O)N[C@H](Cc1cnc[nH]1)C(=O)N[C@H](CCCN=C(N)N)C(=O)N[C@H](CCCCN)C(=O)N[C@H](CCCCN)C(=O)N[C@H](Cc1c[nH]c2ccccc12)C(=O)N[C@H](Cc1ccccc1)C(=O)N[C@H](Cc1c[nH]c2ccccc12)C(N)=O. The fourth-order valence-electron chi connectivity index (χ4n) is 9.53. The van der Waals surface area contributed by atoms with E-state index in [1.165, 1.54) is 19.4 Å². The summed E-state index contributed by atoms with van der Waals surface area (Å²) < 4.78 is 0. The summed E-state index contributed by atoms with van der Waals surface area (Å²) in [5.74, 6) is -5.85. The van der Waals surface area contributed by atoms with E-state index in [0.29, 0.717) is 42.5 Å². The first kappa shape index (κ1) is 62.1. The van der Waals surface area contributed by atoms with Gasteiger partial charge in [-0.3, -0.25) is 43.3 Å². The Balaban J connectivity index is 1.26. The third-order valence-corrected chi connectivity index (χ3v) is 13.8. The average molecular weight is 1130 g/mol. The highest BCUT2D eigenvalue weighted by Crippen LogP contribution is 2.21. The van der Waals surface area contributed by atoms with E-state index in [9.17, 15) is 38.4 Å². The summed E-state index contributed by atoms with van der Waals surface area (Å²) in [5.41, 5.74) is 33.0. The molecule has 8 amide bonds. The molecule has 3 aromatic heterocycles. The molecule has 25 heteroatoms. The molecule has 6 aromatic rings. The number of hydrogen-bond acceptors (Lipinski definition) is 12. The molecule has 0 radical (unpaired) electrons. The number of H-pyrrole nitrogens is 3. The summed E-state index contributed by atoms with van der Waals surface area (Å²) >= 11 is 0. The zero-order chi connectivity index (χ0) is 59.0. The Morgan fingerprint density at radius 1 is 0.488 bits per heavy atom. The molecule has 6 rings (SSSR count). The van der Waals surface area contributed by atoms with Crippen LogP contribution in [-0.4, -0.2) is 135 Å². The van der Waals surface area contributed by atoms with Gasteiger partial charge in [-0.1, -0.05) is 66.7 Å². The van der Waals surface area contributed by atoms with E-state index in [0.717, 1.165) is 27.4 Å². The van der Waals surface area contributed by atoms with E-state index >= 15 is 0 Å². The lowest BCUT2D eigenvalue weighted by atomic mass is 10.00. The minimum atomic E-state index is -1.36. The maximum absolute atomic E-state index is 14.9. The largest absolute Gasteiger partial charge is 0.370 e. The van der Waals surface area contributed by atoms with E-state index in [1.807, 2.05) is 48.5 Å². The van der Waals surface area contributed by atoms with Gasteiger partial charge in [0.1, 0.15) is 42.3 Å². The molecule has 0 spiro atoms. The number of para-hydroxylation sites is 2. The lowest BCUT2D eigenvalue weighted by Crippen LogP contribution is -2.60. The highest BCUT2D eigenvalue weighted by atomic mass is 16.2. The van der Waals surface area contributed by atoms with E-state index < -0.39 is 89.6 Å². The number of unbranched alkanes of at least 4 members (excludes halogenated alkanes) is 2. The molecule has 7 atom stereocenters. The Bertz CT molecular complexity index is 3100. The quantitative estimate of drug-likeness (QED) is 0.0142. The first-order valence-electron chi connectivity index (χ1n) is 27.5. The first-order valence-corrected chi connectivity index (χ1v) is 27.5. The maximum Gasteiger partial charge on any atom is 0.243 e. The third kappa shape index (κ3) is 19.0. The number of guanidine groups is 1. The van der Waals surface area contributed by atoms with Crippen molar-refractivity contribution in [1.82, 2.24) is 57.2 Å². The molecule has 0 unspecified atom stereocenters. The molecule has 82 heavy (non-hydrogen) atoms. The van der Waals surface area contributed by atoms with E-state index in [4.69, 9.17) is 28.7 Å². The van der Waals surface area contributed by atoms with E-state index in [1.54, 1.807) is 42.7 Å². The minimum Gasteiger partial charge on any atom is -0.370 e. The Kier molecular flexibility index (Phi) is 24.0. The zero-order valence-corrected chi connectivity index (χ0v) is 46.0. The van der Waals surface area contributed by atoms with E-state index in [2.05, 4.69) is 62.1 Å². The highest BCUT2D eigenvalue weighted by Gasteiger charge is 2.35. The molecule has 0 aliphatic heterocycles. The van der Waals surface area contributed by atoms with Gasteiger partial charge in [0, 0.05) is 85.2 Å².